The van der Waals surface area contributed by atoms with Gasteiger partial charge in [-0.25, -0.2) is 4.39 Å². The Bertz CT molecular complexity index is 391. The predicted octanol–water partition coefficient (Wildman–Crippen LogP) is 3.59. The summed E-state index contributed by atoms with van der Waals surface area (Å²) < 4.78 is 18.6. The summed E-state index contributed by atoms with van der Waals surface area (Å²) in [4.78, 5) is 0. The molecule has 1 aromatic carbocycles. The number of hydrogen-bond donors (Lipinski definition) is 1. The maximum absolute atomic E-state index is 13.1. The average molecular weight is 239 g/mol. The van der Waals surface area contributed by atoms with Crippen LogP contribution in [0.15, 0.2) is 23.4 Å². The molecule has 0 bridgehead atoms. The molecule has 0 aliphatic rings. The van der Waals surface area contributed by atoms with E-state index in [0.717, 1.165) is 19.3 Å². The Hall–Kier alpha value is -1.58. The van der Waals surface area contributed by atoms with Crippen LogP contribution >= 0.6 is 0 Å². The fraction of sp³-hybridized carbons (Fsp3) is 0.462. The standard InChI is InChI=1S/C13H18FNO2/c1-3-4-5-8-17-13-9-11(14)6-7-12(13)10(2)15-16/h6-7,9,16H,3-5,8H2,1-2H3. The fourth-order valence-electron chi connectivity index (χ4n) is 1.50. The van der Waals surface area contributed by atoms with Crippen molar-refractivity contribution < 1.29 is 14.3 Å². The van der Waals surface area contributed by atoms with Crippen LogP contribution in [0.2, 0.25) is 0 Å². The monoisotopic (exact) mass is 239 g/mol. The summed E-state index contributed by atoms with van der Waals surface area (Å²) in [5, 5.41) is 11.8. The molecule has 0 saturated heterocycles. The molecule has 17 heavy (non-hydrogen) atoms. The van der Waals surface area contributed by atoms with E-state index < -0.39 is 0 Å². The van der Waals surface area contributed by atoms with Crippen molar-refractivity contribution in [2.24, 2.45) is 5.16 Å². The number of oxime groups is 1. The van der Waals surface area contributed by atoms with Crippen molar-refractivity contribution in [3.8, 4) is 5.75 Å². The highest BCUT2D eigenvalue weighted by Crippen LogP contribution is 2.21. The Morgan fingerprint density at radius 2 is 2.18 bits per heavy atom. The van der Waals surface area contributed by atoms with E-state index in [1.807, 2.05) is 0 Å². The lowest BCUT2D eigenvalue weighted by molar-refractivity contribution is 0.302. The van der Waals surface area contributed by atoms with E-state index in [4.69, 9.17) is 9.94 Å². The van der Waals surface area contributed by atoms with Crippen LogP contribution in [0.5, 0.6) is 5.75 Å². The van der Waals surface area contributed by atoms with Gasteiger partial charge in [-0.05, 0) is 25.5 Å². The van der Waals surface area contributed by atoms with E-state index in [1.54, 1.807) is 13.0 Å². The molecular weight excluding hydrogens is 221 g/mol. The van der Waals surface area contributed by atoms with Gasteiger partial charge < -0.3 is 9.94 Å². The molecule has 0 spiro atoms. The number of benzene rings is 1. The van der Waals surface area contributed by atoms with Crippen LogP contribution in [-0.4, -0.2) is 17.5 Å². The summed E-state index contributed by atoms with van der Waals surface area (Å²) >= 11 is 0. The molecule has 0 aliphatic carbocycles. The lowest BCUT2D eigenvalue weighted by atomic mass is 10.1. The molecule has 1 rings (SSSR count). The van der Waals surface area contributed by atoms with Crippen LogP contribution in [0.3, 0.4) is 0 Å². The second-order valence-corrected chi connectivity index (χ2v) is 3.88. The summed E-state index contributed by atoms with van der Waals surface area (Å²) in [7, 11) is 0. The van der Waals surface area contributed by atoms with Gasteiger partial charge in [0.1, 0.15) is 11.6 Å². The largest absolute Gasteiger partial charge is 0.493 e. The SMILES string of the molecule is CCCCCOc1cc(F)ccc1C(C)=NO. The number of hydrogen-bond acceptors (Lipinski definition) is 3. The first-order chi connectivity index (χ1) is 8.19. The van der Waals surface area contributed by atoms with Gasteiger partial charge in [0.15, 0.2) is 0 Å². The molecule has 0 radical (unpaired) electrons. The van der Waals surface area contributed by atoms with Gasteiger partial charge in [-0.2, -0.15) is 0 Å². The number of unbranched alkanes of at least 4 members (excludes halogenated alkanes) is 2. The van der Waals surface area contributed by atoms with Gasteiger partial charge in [0.05, 0.1) is 12.3 Å². The van der Waals surface area contributed by atoms with Crippen LogP contribution in [0.4, 0.5) is 4.39 Å². The topological polar surface area (TPSA) is 41.8 Å². The minimum atomic E-state index is -0.356. The van der Waals surface area contributed by atoms with Gasteiger partial charge in [0.25, 0.3) is 0 Å². The highest BCUT2D eigenvalue weighted by molar-refractivity contribution is 6.00. The predicted molar refractivity (Wildman–Crippen MR) is 65.4 cm³/mol. The second kappa shape index (κ2) is 6.89. The fourth-order valence-corrected chi connectivity index (χ4v) is 1.50. The molecule has 1 N–H and O–H groups in total. The van der Waals surface area contributed by atoms with Crippen LogP contribution < -0.4 is 4.74 Å². The Morgan fingerprint density at radius 3 is 2.82 bits per heavy atom. The molecule has 94 valence electrons. The zero-order valence-corrected chi connectivity index (χ0v) is 10.2. The van der Waals surface area contributed by atoms with E-state index in [0.29, 0.717) is 23.6 Å². The van der Waals surface area contributed by atoms with Gasteiger partial charge in [-0.15, -0.1) is 0 Å². The van der Waals surface area contributed by atoms with Crippen molar-refractivity contribution in [1.29, 1.82) is 0 Å². The first-order valence-corrected chi connectivity index (χ1v) is 5.80. The first kappa shape index (κ1) is 13.5. The smallest absolute Gasteiger partial charge is 0.131 e. The molecular formula is C13H18FNO2. The first-order valence-electron chi connectivity index (χ1n) is 5.80. The lowest BCUT2D eigenvalue weighted by Gasteiger charge is -2.10. The summed E-state index contributed by atoms with van der Waals surface area (Å²) in [6.45, 7) is 4.30. The van der Waals surface area contributed by atoms with Gasteiger partial charge in [0, 0.05) is 11.6 Å². The van der Waals surface area contributed by atoms with Gasteiger partial charge >= 0.3 is 0 Å². The van der Waals surface area contributed by atoms with E-state index >= 15 is 0 Å². The average Bonchev–Trinajstić information content (AvgIpc) is 2.34. The van der Waals surface area contributed by atoms with Crippen molar-refractivity contribution in [3.05, 3.63) is 29.6 Å². The quantitative estimate of drug-likeness (QED) is 0.357. The Kier molecular flexibility index (Phi) is 5.46. The molecule has 1 aromatic rings. The van der Waals surface area contributed by atoms with Crippen molar-refractivity contribution in [1.82, 2.24) is 0 Å². The zero-order chi connectivity index (χ0) is 12.7. The molecule has 0 unspecified atom stereocenters. The minimum absolute atomic E-state index is 0.356. The highest BCUT2D eigenvalue weighted by Gasteiger charge is 2.08. The van der Waals surface area contributed by atoms with Crippen LogP contribution in [0, 0.1) is 5.82 Å². The number of ether oxygens (including phenoxy) is 1. The number of nitrogens with zero attached hydrogens (tertiary/aromatic N) is 1. The second-order valence-electron chi connectivity index (χ2n) is 3.88. The summed E-state index contributed by atoms with van der Waals surface area (Å²) in [6.07, 6.45) is 3.12. The summed E-state index contributed by atoms with van der Waals surface area (Å²) in [5.41, 5.74) is 1.03. The summed E-state index contributed by atoms with van der Waals surface area (Å²) in [5.74, 6) is 0.0707. The third kappa shape index (κ3) is 4.06. The zero-order valence-electron chi connectivity index (χ0n) is 10.2. The summed E-state index contributed by atoms with van der Waals surface area (Å²) in [6, 6.07) is 4.19. The third-order valence-electron chi connectivity index (χ3n) is 2.49. The van der Waals surface area contributed by atoms with Crippen LogP contribution in [0.25, 0.3) is 0 Å². The number of rotatable bonds is 6. The van der Waals surface area contributed by atoms with Crippen molar-refractivity contribution in [2.45, 2.75) is 33.1 Å². The molecule has 0 saturated carbocycles. The lowest BCUT2D eigenvalue weighted by Crippen LogP contribution is -2.04. The minimum Gasteiger partial charge on any atom is -0.493 e. The maximum Gasteiger partial charge on any atom is 0.131 e. The molecule has 0 atom stereocenters. The van der Waals surface area contributed by atoms with Gasteiger partial charge in [0.2, 0.25) is 0 Å². The van der Waals surface area contributed by atoms with Gasteiger partial charge in [-0.1, -0.05) is 24.9 Å². The van der Waals surface area contributed by atoms with Crippen LogP contribution in [-0.2, 0) is 0 Å². The van der Waals surface area contributed by atoms with E-state index in [9.17, 15) is 4.39 Å². The van der Waals surface area contributed by atoms with E-state index in [1.165, 1.54) is 12.1 Å². The van der Waals surface area contributed by atoms with Crippen LogP contribution in [0.1, 0.15) is 38.7 Å². The molecule has 0 amide bonds. The maximum atomic E-state index is 13.1. The highest BCUT2D eigenvalue weighted by atomic mass is 19.1. The molecule has 0 heterocycles. The Labute approximate surface area is 101 Å². The molecule has 4 heteroatoms. The Morgan fingerprint density at radius 1 is 1.41 bits per heavy atom. The van der Waals surface area contributed by atoms with Crippen molar-refractivity contribution in [3.63, 3.8) is 0 Å². The molecule has 3 nitrogen and oxygen atoms in total. The number of halogens is 1. The molecule has 0 aromatic heterocycles. The van der Waals surface area contributed by atoms with Gasteiger partial charge in [-0.3, -0.25) is 0 Å². The van der Waals surface area contributed by atoms with Crippen molar-refractivity contribution in [2.75, 3.05) is 6.61 Å². The van der Waals surface area contributed by atoms with E-state index in [-0.39, 0.29) is 5.82 Å². The third-order valence-corrected chi connectivity index (χ3v) is 2.49. The van der Waals surface area contributed by atoms with E-state index in [2.05, 4.69) is 12.1 Å². The molecule has 0 aliphatic heterocycles. The Balaban J connectivity index is 2.77. The molecule has 0 fully saturated rings. The van der Waals surface area contributed by atoms with Crippen molar-refractivity contribution >= 4 is 5.71 Å². The normalized spacial score (nSPS) is 11.6.